The zero-order chi connectivity index (χ0) is 21.4. The van der Waals surface area contributed by atoms with Crippen LogP contribution in [0.4, 0.5) is 5.69 Å². The number of carbonyl (C=O) groups is 3. The monoisotopic (exact) mass is 396 g/mol. The Morgan fingerprint density at radius 2 is 1.62 bits per heavy atom. The van der Waals surface area contributed by atoms with E-state index in [0.717, 1.165) is 27.9 Å². The molecule has 1 atom stereocenters. The molecule has 154 valence electrons. The van der Waals surface area contributed by atoms with Crippen LogP contribution in [-0.4, -0.2) is 30.4 Å². The third-order valence-corrected chi connectivity index (χ3v) is 4.46. The van der Waals surface area contributed by atoms with Crippen molar-refractivity contribution < 1.29 is 19.1 Å². The van der Waals surface area contributed by atoms with E-state index in [9.17, 15) is 14.4 Å². The SMILES string of the molecule is Cc1cc(C)c(NC(=O)C(C)OC(=O)CCNC(=O)Cc2ccccc2)c(C)c1. The summed E-state index contributed by atoms with van der Waals surface area (Å²) in [5.41, 5.74) is 4.66. The van der Waals surface area contributed by atoms with Crippen LogP contribution in [0.1, 0.15) is 35.6 Å². The standard InChI is InChI=1S/C23H28N2O4/c1-15-12-16(2)22(17(3)13-15)25-23(28)18(4)29-21(27)10-11-24-20(26)14-19-8-6-5-7-9-19/h5-9,12-13,18H,10-11,14H2,1-4H3,(H,24,26)(H,25,28). The summed E-state index contributed by atoms with van der Waals surface area (Å²) in [4.78, 5) is 36.2. The van der Waals surface area contributed by atoms with E-state index in [4.69, 9.17) is 4.74 Å². The van der Waals surface area contributed by atoms with E-state index >= 15 is 0 Å². The molecular formula is C23H28N2O4. The maximum atomic E-state index is 12.4. The van der Waals surface area contributed by atoms with Gasteiger partial charge in [0.05, 0.1) is 12.8 Å². The van der Waals surface area contributed by atoms with Gasteiger partial charge in [-0.15, -0.1) is 0 Å². The van der Waals surface area contributed by atoms with Gasteiger partial charge in [-0.05, 0) is 44.4 Å². The molecule has 2 rings (SSSR count). The van der Waals surface area contributed by atoms with Gasteiger partial charge in [-0.3, -0.25) is 14.4 Å². The molecule has 0 spiro atoms. The lowest BCUT2D eigenvalue weighted by Gasteiger charge is -2.17. The normalized spacial score (nSPS) is 11.4. The Morgan fingerprint density at radius 3 is 2.24 bits per heavy atom. The van der Waals surface area contributed by atoms with Crippen molar-refractivity contribution in [3.8, 4) is 0 Å². The van der Waals surface area contributed by atoms with Crippen LogP contribution in [0.3, 0.4) is 0 Å². The molecule has 0 aliphatic rings. The summed E-state index contributed by atoms with van der Waals surface area (Å²) in [7, 11) is 0. The molecule has 0 saturated heterocycles. The van der Waals surface area contributed by atoms with Gasteiger partial charge >= 0.3 is 5.97 Å². The quantitative estimate of drug-likeness (QED) is 0.671. The summed E-state index contributed by atoms with van der Waals surface area (Å²) in [6.45, 7) is 7.53. The highest BCUT2D eigenvalue weighted by molar-refractivity contribution is 5.96. The van der Waals surface area contributed by atoms with Gasteiger partial charge in [0.1, 0.15) is 0 Å². The minimum Gasteiger partial charge on any atom is -0.452 e. The minimum absolute atomic E-state index is 0.000731. The van der Waals surface area contributed by atoms with Crippen molar-refractivity contribution in [2.75, 3.05) is 11.9 Å². The first-order valence-electron chi connectivity index (χ1n) is 9.65. The number of benzene rings is 2. The Morgan fingerprint density at radius 1 is 1.00 bits per heavy atom. The number of hydrogen-bond donors (Lipinski definition) is 2. The highest BCUT2D eigenvalue weighted by Crippen LogP contribution is 2.22. The lowest BCUT2D eigenvalue weighted by Crippen LogP contribution is -2.32. The van der Waals surface area contributed by atoms with E-state index < -0.39 is 12.1 Å². The number of hydrogen-bond acceptors (Lipinski definition) is 4. The molecule has 6 heteroatoms. The number of esters is 1. The number of amides is 2. The number of rotatable bonds is 8. The molecule has 6 nitrogen and oxygen atoms in total. The second kappa shape index (κ2) is 10.4. The first-order valence-corrected chi connectivity index (χ1v) is 9.65. The zero-order valence-electron chi connectivity index (χ0n) is 17.4. The van der Waals surface area contributed by atoms with Crippen molar-refractivity contribution in [1.29, 1.82) is 0 Å². The molecular weight excluding hydrogens is 368 g/mol. The molecule has 0 saturated carbocycles. The van der Waals surface area contributed by atoms with E-state index in [1.807, 2.05) is 63.2 Å². The smallest absolute Gasteiger partial charge is 0.308 e. The molecule has 0 bridgehead atoms. The molecule has 1 unspecified atom stereocenters. The van der Waals surface area contributed by atoms with Crippen LogP contribution in [0.5, 0.6) is 0 Å². The fourth-order valence-corrected chi connectivity index (χ4v) is 3.06. The fraction of sp³-hybridized carbons (Fsp3) is 0.348. The van der Waals surface area contributed by atoms with Gasteiger partial charge in [0.15, 0.2) is 6.10 Å². The van der Waals surface area contributed by atoms with E-state index in [-0.39, 0.29) is 31.2 Å². The maximum absolute atomic E-state index is 12.4. The van der Waals surface area contributed by atoms with Crippen molar-refractivity contribution in [3.05, 3.63) is 64.7 Å². The Hall–Kier alpha value is -3.15. The second-order valence-electron chi connectivity index (χ2n) is 7.16. The average molecular weight is 396 g/mol. The molecule has 0 heterocycles. The number of anilines is 1. The lowest BCUT2D eigenvalue weighted by molar-refractivity contribution is -0.153. The summed E-state index contributed by atoms with van der Waals surface area (Å²) in [6, 6.07) is 13.3. The van der Waals surface area contributed by atoms with Gasteiger partial charge in [0, 0.05) is 12.2 Å². The van der Waals surface area contributed by atoms with E-state index in [1.165, 1.54) is 6.92 Å². The van der Waals surface area contributed by atoms with Gasteiger partial charge in [-0.2, -0.15) is 0 Å². The predicted octanol–water partition coefficient (Wildman–Crippen LogP) is 3.23. The van der Waals surface area contributed by atoms with Gasteiger partial charge < -0.3 is 15.4 Å². The summed E-state index contributed by atoms with van der Waals surface area (Å²) in [5, 5.41) is 5.51. The number of aryl methyl sites for hydroxylation is 3. The third-order valence-electron chi connectivity index (χ3n) is 4.46. The topological polar surface area (TPSA) is 84.5 Å². The summed E-state index contributed by atoms with van der Waals surface area (Å²) in [5.74, 6) is -1.09. The Kier molecular flexibility index (Phi) is 7.95. The van der Waals surface area contributed by atoms with Gasteiger partial charge in [0.2, 0.25) is 5.91 Å². The van der Waals surface area contributed by atoms with Crippen molar-refractivity contribution in [1.82, 2.24) is 5.32 Å². The molecule has 2 aromatic carbocycles. The Balaban J connectivity index is 1.75. The van der Waals surface area contributed by atoms with Crippen molar-refractivity contribution in [3.63, 3.8) is 0 Å². The zero-order valence-corrected chi connectivity index (χ0v) is 17.4. The van der Waals surface area contributed by atoms with Crippen LogP contribution in [0.25, 0.3) is 0 Å². The largest absolute Gasteiger partial charge is 0.452 e. The summed E-state index contributed by atoms with van der Waals surface area (Å²) >= 11 is 0. The van der Waals surface area contributed by atoms with Gasteiger partial charge in [-0.25, -0.2) is 0 Å². The highest BCUT2D eigenvalue weighted by Gasteiger charge is 2.19. The summed E-state index contributed by atoms with van der Waals surface area (Å²) in [6.07, 6.45) is -0.673. The van der Waals surface area contributed by atoms with Crippen LogP contribution >= 0.6 is 0 Å². The molecule has 0 fully saturated rings. The lowest BCUT2D eigenvalue weighted by atomic mass is 10.0. The van der Waals surface area contributed by atoms with Crippen LogP contribution < -0.4 is 10.6 Å². The first-order chi connectivity index (χ1) is 13.8. The van der Waals surface area contributed by atoms with Gasteiger partial charge in [-0.1, -0.05) is 48.0 Å². The molecule has 0 aliphatic heterocycles. The Labute approximate surface area is 171 Å². The molecule has 0 aliphatic carbocycles. The highest BCUT2D eigenvalue weighted by atomic mass is 16.5. The second-order valence-corrected chi connectivity index (χ2v) is 7.16. The number of nitrogens with one attached hydrogen (secondary N) is 2. The van der Waals surface area contributed by atoms with Crippen LogP contribution in [0.15, 0.2) is 42.5 Å². The van der Waals surface area contributed by atoms with Crippen molar-refractivity contribution in [2.24, 2.45) is 0 Å². The predicted molar refractivity (Wildman–Crippen MR) is 113 cm³/mol. The van der Waals surface area contributed by atoms with Crippen molar-refractivity contribution in [2.45, 2.75) is 46.6 Å². The minimum atomic E-state index is -0.928. The maximum Gasteiger partial charge on any atom is 0.308 e. The molecule has 2 N–H and O–H groups in total. The molecule has 0 radical (unpaired) electrons. The van der Waals surface area contributed by atoms with Gasteiger partial charge in [0.25, 0.3) is 5.91 Å². The van der Waals surface area contributed by atoms with Crippen LogP contribution in [-0.2, 0) is 25.5 Å². The first kappa shape index (κ1) is 22.1. The van der Waals surface area contributed by atoms with Crippen LogP contribution in [0.2, 0.25) is 0 Å². The molecule has 2 aromatic rings. The fourth-order valence-electron chi connectivity index (χ4n) is 3.06. The van der Waals surface area contributed by atoms with Crippen molar-refractivity contribution >= 4 is 23.5 Å². The van der Waals surface area contributed by atoms with E-state index in [0.29, 0.717) is 0 Å². The van der Waals surface area contributed by atoms with E-state index in [2.05, 4.69) is 10.6 Å². The summed E-state index contributed by atoms with van der Waals surface area (Å²) < 4.78 is 5.19. The number of ether oxygens (including phenoxy) is 1. The third kappa shape index (κ3) is 7.07. The molecule has 29 heavy (non-hydrogen) atoms. The van der Waals surface area contributed by atoms with Crippen LogP contribution in [0, 0.1) is 20.8 Å². The Bertz CT molecular complexity index is 855. The van der Waals surface area contributed by atoms with E-state index in [1.54, 1.807) is 0 Å². The average Bonchev–Trinajstić information content (AvgIpc) is 2.65. The number of carbonyl (C=O) groups excluding carboxylic acids is 3. The molecule has 2 amide bonds. The molecule has 0 aromatic heterocycles.